The Morgan fingerprint density at radius 1 is 1.00 bits per heavy atom. The predicted octanol–water partition coefficient (Wildman–Crippen LogP) is 2.77. The molecule has 1 amide bonds. The lowest BCUT2D eigenvalue weighted by Crippen LogP contribution is -2.50. The third kappa shape index (κ3) is 3.65. The molecule has 0 heterocycles. The summed E-state index contributed by atoms with van der Waals surface area (Å²) in [5.74, 6) is -3.05. The van der Waals surface area contributed by atoms with Crippen LogP contribution in [0.15, 0.2) is 0 Å². The summed E-state index contributed by atoms with van der Waals surface area (Å²) < 4.78 is 38.9. The Morgan fingerprint density at radius 3 is 2.25 bits per heavy atom. The van der Waals surface area contributed by atoms with Crippen LogP contribution in [0.25, 0.3) is 0 Å². The minimum Gasteiger partial charge on any atom is -0.391 e. The second-order valence-corrected chi connectivity index (χ2v) is 6.01. The molecule has 2 unspecified atom stereocenters. The maximum absolute atomic E-state index is 13.0. The molecule has 6 heteroatoms. The molecule has 3 nitrogen and oxygen atoms in total. The van der Waals surface area contributed by atoms with E-state index in [1.807, 2.05) is 0 Å². The molecule has 2 saturated carbocycles. The van der Waals surface area contributed by atoms with Gasteiger partial charge in [0, 0.05) is 5.92 Å². The van der Waals surface area contributed by atoms with Crippen LogP contribution in [0.4, 0.5) is 13.2 Å². The van der Waals surface area contributed by atoms with E-state index in [-0.39, 0.29) is 12.5 Å². The van der Waals surface area contributed by atoms with Gasteiger partial charge in [0.1, 0.15) is 0 Å². The van der Waals surface area contributed by atoms with Gasteiger partial charge in [0.15, 0.2) is 0 Å². The number of hydrogen-bond donors (Lipinski definition) is 2. The zero-order valence-electron chi connectivity index (χ0n) is 11.5. The van der Waals surface area contributed by atoms with Gasteiger partial charge in [-0.1, -0.05) is 25.7 Å². The molecule has 2 fully saturated rings. The van der Waals surface area contributed by atoms with Crippen molar-refractivity contribution in [1.29, 1.82) is 0 Å². The van der Waals surface area contributed by atoms with Crippen molar-refractivity contribution in [2.45, 2.75) is 69.7 Å². The van der Waals surface area contributed by atoms with Gasteiger partial charge in [-0.05, 0) is 25.7 Å². The first-order valence-corrected chi connectivity index (χ1v) is 7.44. The molecule has 2 N–H and O–H groups in total. The zero-order valence-corrected chi connectivity index (χ0v) is 11.5. The summed E-state index contributed by atoms with van der Waals surface area (Å²) in [6.07, 6.45) is -0.355. The van der Waals surface area contributed by atoms with E-state index in [4.69, 9.17) is 0 Å². The Morgan fingerprint density at radius 2 is 1.60 bits per heavy atom. The lowest BCUT2D eigenvalue weighted by molar-refractivity contribution is -0.198. The number of rotatable bonds is 2. The number of nitrogens with one attached hydrogen (secondary N) is 1. The summed E-state index contributed by atoms with van der Waals surface area (Å²) in [6.45, 7) is 0. The van der Waals surface area contributed by atoms with Gasteiger partial charge in [0.25, 0.3) is 0 Å². The van der Waals surface area contributed by atoms with Crippen molar-refractivity contribution in [1.82, 2.24) is 5.32 Å². The molecule has 4 atom stereocenters. The average Bonchev–Trinajstić information content (AvgIpc) is 2.40. The fourth-order valence-corrected chi connectivity index (χ4v) is 3.41. The first kappa shape index (κ1) is 15.6. The van der Waals surface area contributed by atoms with Gasteiger partial charge < -0.3 is 10.4 Å². The highest BCUT2D eigenvalue weighted by Crippen LogP contribution is 2.41. The summed E-state index contributed by atoms with van der Waals surface area (Å²) in [5.41, 5.74) is 0. The van der Waals surface area contributed by atoms with E-state index >= 15 is 0 Å². The SMILES string of the molecule is O=C(N[C@@H]1CCCC[C@H]1O)C1CCCCC1C(F)(F)F. The van der Waals surface area contributed by atoms with Crippen molar-refractivity contribution < 1.29 is 23.1 Å². The van der Waals surface area contributed by atoms with E-state index < -0.39 is 30.0 Å². The molecule has 0 aromatic heterocycles. The first-order valence-electron chi connectivity index (χ1n) is 7.44. The molecule has 0 aromatic rings. The van der Waals surface area contributed by atoms with Crippen LogP contribution in [0, 0.1) is 11.8 Å². The highest BCUT2D eigenvalue weighted by molar-refractivity contribution is 5.79. The van der Waals surface area contributed by atoms with Crippen LogP contribution in [0.3, 0.4) is 0 Å². The standard InChI is InChI=1S/C14H22F3NO2/c15-14(16,17)10-6-2-1-5-9(10)13(20)18-11-7-3-4-8-12(11)19/h9-12,19H,1-8H2,(H,18,20)/t9?,10?,11-,12-/m1/s1. The predicted molar refractivity (Wildman–Crippen MR) is 67.9 cm³/mol. The Bertz CT molecular complexity index is 346. The van der Waals surface area contributed by atoms with Crippen molar-refractivity contribution in [3.8, 4) is 0 Å². The maximum Gasteiger partial charge on any atom is 0.392 e. The molecule has 20 heavy (non-hydrogen) atoms. The Kier molecular flexibility index (Phi) is 4.94. The van der Waals surface area contributed by atoms with E-state index in [9.17, 15) is 23.1 Å². The van der Waals surface area contributed by atoms with E-state index in [2.05, 4.69) is 5.32 Å². The summed E-state index contributed by atoms with van der Waals surface area (Å²) >= 11 is 0. The van der Waals surface area contributed by atoms with Crippen LogP contribution < -0.4 is 5.32 Å². The minimum atomic E-state index is -4.31. The molecule has 2 aliphatic carbocycles. The van der Waals surface area contributed by atoms with Crippen LogP contribution in [-0.4, -0.2) is 29.3 Å². The number of hydrogen-bond acceptors (Lipinski definition) is 2. The molecule has 116 valence electrons. The number of aliphatic hydroxyl groups excluding tert-OH is 1. The molecular weight excluding hydrogens is 271 g/mol. The van der Waals surface area contributed by atoms with E-state index in [1.54, 1.807) is 0 Å². The molecular formula is C14H22F3NO2. The van der Waals surface area contributed by atoms with Crippen LogP contribution in [0.2, 0.25) is 0 Å². The van der Waals surface area contributed by atoms with Crippen molar-refractivity contribution in [3.05, 3.63) is 0 Å². The number of alkyl halides is 3. The van der Waals surface area contributed by atoms with E-state index in [1.165, 1.54) is 0 Å². The molecule has 0 radical (unpaired) electrons. The third-order valence-electron chi connectivity index (χ3n) is 4.58. The Hall–Kier alpha value is -0.780. The van der Waals surface area contributed by atoms with Gasteiger partial charge >= 0.3 is 6.18 Å². The molecule has 2 aliphatic rings. The molecule has 0 bridgehead atoms. The molecule has 2 rings (SSSR count). The van der Waals surface area contributed by atoms with Crippen LogP contribution in [-0.2, 0) is 4.79 Å². The largest absolute Gasteiger partial charge is 0.392 e. The van der Waals surface area contributed by atoms with Crippen molar-refractivity contribution >= 4 is 5.91 Å². The topological polar surface area (TPSA) is 49.3 Å². The lowest BCUT2D eigenvalue weighted by atomic mass is 9.78. The normalized spacial score (nSPS) is 35.6. The first-order chi connectivity index (χ1) is 9.39. The molecule has 0 aliphatic heterocycles. The minimum absolute atomic E-state index is 0.0365. The Balaban J connectivity index is 1.99. The molecule has 0 saturated heterocycles. The lowest BCUT2D eigenvalue weighted by Gasteiger charge is -2.35. The van der Waals surface area contributed by atoms with Crippen LogP contribution in [0.1, 0.15) is 51.4 Å². The second-order valence-electron chi connectivity index (χ2n) is 6.01. The monoisotopic (exact) mass is 293 g/mol. The summed E-state index contributed by atoms with van der Waals surface area (Å²) in [5, 5.41) is 12.5. The number of halogens is 3. The van der Waals surface area contributed by atoms with Gasteiger partial charge in [-0.25, -0.2) is 0 Å². The third-order valence-corrected chi connectivity index (χ3v) is 4.58. The van der Waals surface area contributed by atoms with Crippen LogP contribution >= 0.6 is 0 Å². The zero-order chi connectivity index (χ0) is 14.8. The molecule has 0 spiro atoms. The number of amides is 1. The number of carbonyl (C=O) groups is 1. The summed E-state index contributed by atoms with van der Waals surface area (Å²) in [7, 11) is 0. The quantitative estimate of drug-likeness (QED) is 0.822. The summed E-state index contributed by atoms with van der Waals surface area (Å²) in [6, 6.07) is -0.382. The van der Waals surface area contributed by atoms with Gasteiger partial charge in [-0.15, -0.1) is 0 Å². The smallest absolute Gasteiger partial charge is 0.391 e. The van der Waals surface area contributed by atoms with Gasteiger partial charge in [-0.2, -0.15) is 13.2 Å². The summed E-state index contributed by atoms with van der Waals surface area (Å²) in [4.78, 5) is 12.1. The van der Waals surface area contributed by atoms with Crippen molar-refractivity contribution in [2.24, 2.45) is 11.8 Å². The second kappa shape index (κ2) is 6.33. The number of aliphatic hydroxyl groups is 1. The van der Waals surface area contributed by atoms with E-state index in [0.717, 1.165) is 12.8 Å². The fraction of sp³-hybridized carbons (Fsp3) is 0.929. The van der Waals surface area contributed by atoms with Gasteiger partial charge in [-0.3, -0.25) is 4.79 Å². The van der Waals surface area contributed by atoms with Gasteiger partial charge in [0.2, 0.25) is 5.91 Å². The average molecular weight is 293 g/mol. The molecule has 0 aromatic carbocycles. The van der Waals surface area contributed by atoms with Crippen molar-refractivity contribution in [2.75, 3.05) is 0 Å². The van der Waals surface area contributed by atoms with Gasteiger partial charge in [0.05, 0.1) is 18.1 Å². The number of carbonyl (C=O) groups excluding carboxylic acids is 1. The van der Waals surface area contributed by atoms with Crippen LogP contribution in [0.5, 0.6) is 0 Å². The maximum atomic E-state index is 13.0. The Labute approximate surface area is 116 Å². The highest BCUT2D eigenvalue weighted by atomic mass is 19.4. The highest BCUT2D eigenvalue weighted by Gasteiger charge is 2.48. The van der Waals surface area contributed by atoms with E-state index in [0.29, 0.717) is 32.1 Å². The van der Waals surface area contributed by atoms with Crippen molar-refractivity contribution in [3.63, 3.8) is 0 Å². The fourth-order valence-electron chi connectivity index (χ4n) is 3.41.